The van der Waals surface area contributed by atoms with Crippen molar-refractivity contribution < 1.29 is 14.0 Å². The van der Waals surface area contributed by atoms with E-state index in [1.807, 2.05) is 32.9 Å². The van der Waals surface area contributed by atoms with Crippen LogP contribution in [0.25, 0.3) is 11.1 Å². The summed E-state index contributed by atoms with van der Waals surface area (Å²) in [4.78, 5) is 30.5. The van der Waals surface area contributed by atoms with Crippen molar-refractivity contribution in [3.8, 4) is 11.1 Å². The third-order valence-corrected chi connectivity index (χ3v) is 8.72. The van der Waals surface area contributed by atoms with Crippen LogP contribution in [0.2, 0.25) is 0 Å². The molecule has 1 aliphatic heterocycles. The van der Waals surface area contributed by atoms with Gasteiger partial charge in [0.25, 0.3) is 0 Å². The molecule has 2 heterocycles. The Morgan fingerprint density at radius 3 is 2.19 bits per heavy atom. The number of urea groups is 1. The molecular formula is C36H43FN4O2. The Morgan fingerprint density at radius 1 is 0.930 bits per heavy atom. The van der Waals surface area contributed by atoms with Gasteiger partial charge in [-0.2, -0.15) is 0 Å². The summed E-state index contributed by atoms with van der Waals surface area (Å²) >= 11 is 0. The van der Waals surface area contributed by atoms with Crippen molar-refractivity contribution in [1.82, 2.24) is 9.88 Å². The Balaban J connectivity index is 0.000000181. The zero-order chi connectivity index (χ0) is 30.3. The molecule has 2 aromatic carbocycles. The largest absolute Gasteiger partial charge is 0.362 e. The second-order valence-corrected chi connectivity index (χ2v) is 12.2. The first-order chi connectivity index (χ1) is 20.8. The molecule has 2 N–H and O–H groups in total. The molecule has 7 heteroatoms. The molecule has 3 aromatic rings. The van der Waals surface area contributed by atoms with Gasteiger partial charge in [-0.1, -0.05) is 50.1 Å². The van der Waals surface area contributed by atoms with Crippen LogP contribution >= 0.6 is 0 Å². The molecule has 2 aliphatic carbocycles. The lowest BCUT2D eigenvalue weighted by Crippen LogP contribution is -2.32. The third-order valence-electron chi connectivity index (χ3n) is 8.72. The van der Waals surface area contributed by atoms with Crippen LogP contribution in [-0.4, -0.2) is 34.8 Å². The first-order valence-corrected chi connectivity index (χ1v) is 15.7. The number of amides is 2. The van der Waals surface area contributed by atoms with E-state index in [1.165, 1.54) is 37.3 Å². The molecule has 2 amide bonds. The Morgan fingerprint density at radius 2 is 1.63 bits per heavy atom. The fourth-order valence-electron chi connectivity index (χ4n) is 5.54. The van der Waals surface area contributed by atoms with Gasteiger partial charge in [0.05, 0.1) is 0 Å². The number of aromatic nitrogens is 1. The number of benzene rings is 2. The van der Waals surface area contributed by atoms with Crippen molar-refractivity contribution in [1.29, 1.82) is 0 Å². The average molecular weight is 583 g/mol. The van der Waals surface area contributed by atoms with Crippen LogP contribution in [0.15, 0.2) is 66.4 Å². The molecule has 43 heavy (non-hydrogen) atoms. The number of carbonyl (C=O) groups excluding carboxylic acids is 2. The fourth-order valence-corrected chi connectivity index (χ4v) is 5.54. The molecule has 0 radical (unpaired) electrons. The molecule has 0 unspecified atom stereocenters. The maximum atomic E-state index is 13.8. The number of rotatable bonds is 7. The highest BCUT2D eigenvalue weighted by Gasteiger charge is 2.27. The van der Waals surface area contributed by atoms with Crippen LogP contribution in [0.3, 0.4) is 0 Å². The van der Waals surface area contributed by atoms with Gasteiger partial charge in [-0.15, -0.1) is 0 Å². The Bertz CT molecular complexity index is 1470. The van der Waals surface area contributed by atoms with Crippen LogP contribution in [0, 0.1) is 18.7 Å². The van der Waals surface area contributed by atoms with Gasteiger partial charge in [-0.25, -0.2) is 14.2 Å². The van der Waals surface area contributed by atoms with Crippen molar-refractivity contribution in [2.45, 2.75) is 78.1 Å². The summed E-state index contributed by atoms with van der Waals surface area (Å²) in [6, 6.07) is 17.1. The second kappa shape index (κ2) is 14.0. The minimum atomic E-state index is -0.260. The summed E-state index contributed by atoms with van der Waals surface area (Å²) < 4.78 is 13.8. The maximum Gasteiger partial charge on any atom is 0.321 e. The van der Waals surface area contributed by atoms with Crippen molar-refractivity contribution in [2.24, 2.45) is 5.92 Å². The zero-order valence-corrected chi connectivity index (χ0v) is 25.6. The fraction of sp³-hybridized carbons (Fsp3) is 0.417. The zero-order valence-electron chi connectivity index (χ0n) is 25.6. The minimum Gasteiger partial charge on any atom is -0.362 e. The smallest absolute Gasteiger partial charge is 0.321 e. The average Bonchev–Trinajstić information content (AvgIpc) is 3.47. The first-order valence-electron chi connectivity index (χ1n) is 15.7. The molecule has 1 aromatic heterocycles. The van der Waals surface area contributed by atoms with E-state index in [0.29, 0.717) is 16.9 Å². The monoisotopic (exact) mass is 582 g/mol. The molecule has 226 valence electrons. The number of hydrogen-bond donors (Lipinski definition) is 2. The normalized spacial score (nSPS) is 16.1. The predicted octanol–water partition coefficient (Wildman–Crippen LogP) is 9.10. The standard InChI is InChI=1S/C22H24N2O.C14H19FN2O/c1-15-20(12-13-21(24-15)22(25)18-6-3-7-18)17-8-10-19(11-9-17)23-14-16-4-2-5-16;1-10(2)12-6-5-11(9-13(12)15)16-14(18)17-7-3-4-8-17/h8-14,18,23H,2-7H2,1H3;5-6,9-10H,3-4,7-8H2,1-2H3,(H,16,18). The number of hydrogen-bond acceptors (Lipinski definition) is 4. The number of likely N-dealkylation sites (tertiary alicyclic amines) is 1. The second-order valence-electron chi connectivity index (χ2n) is 12.2. The van der Waals surface area contributed by atoms with Gasteiger partial charge in [0.2, 0.25) is 0 Å². The molecule has 0 atom stereocenters. The molecule has 6 nitrogen and oxygen atoms in total. The van der Waals surface area contributed by atoms with Gasteiger partial charge >= 0.3 is 6.03 Å². The number of anilines is 2. The number of allylic oxidation sites excluding steroid dienone is 1. The lowest BCUT2D eigenvalue weighted by atomic mass is 9.81. The Labute approximate surface area is 254 Å². The quantitative estimate of drug-likeness (QED) is 0.273. The van der Waals surface area contributed by atoms with Crippen LogP contribution < -0.4 is 10.6 Å². The number of halogens is 1. The number of pyridine rings is 1. The summed E-state index contributed by atoms with van der Waals surface area (Å²) in [6.45, 7) is 7.46. The number of nitrogens with one attached hydrogen (secondary N) is 2. The molecule has 3 fully saturated rings. The SMILES string of the molecule is CC(C)c1ccc(NC(=O)N2CCCC2)cc1F.Cc1nc(C(=O)C2CCC2)ccc1-c1ccc(NC=C2CCC2)cc1. The van der Waals surface area contributed by atoms with Crippen LogP contribution in [0.1, 0.15) is 92.9 Å². The topological polar surface area (TPSA) is 74.3 Å². The summed E-state index contributed by atoms with van der Waals surface area (Å²) in [5.74, 6) is 0.301. The molecule has 0 bridgehead atoms. The Kier molecular flexibility index (Phi) is 9.90. The maximum absolute atomic E-state index is 13.8. The first kappa shape index (κ1) is 30.5. The number of ketones is 1. The predicted molar refractivity (Wildman–Crippen MR) is 172 cm³/mol. The lowest BCUT2D eigenvalue weighted by molar-refractivity contribution is 0.0849. The van der Waals surface area contributed by atoms with Gasteiger partial charge < -0.3 is 15.5 Å². The van der Waals surface area contributed by atoms with Crippen molar-refractivity contribution in [3.05, 3.63) is 89.1 Å². The number of carbonyl (C=O) groups is 2. The van der Waals surface area contributed by atoms with Crippen molar-refractivity contribution >= 4 is 23.2 Å². The highest BCUT2D eigenvalue weighted by molar-refractivity contribution is 5.97. The summed E-state index contributed by atoms with van der Waals surface area (Å²) in [5, 5.41) is 6.10. The van der Waals surface area contributed by atoms with Crippen LogP contribution in [0.4, 0.5) is 20.6 Å². The molecular weight excluding hydrogens is 539 g/mol. The van der Waals surface area contributed by atoms with E-state index in [-0.39, 0.29) is 29.5 Å². The van der Waals surface area contributed by atoms with Gasteiger partial charge in [0, 0.05) is 47.8 Å². The number of aryl methyl sites for hydroxylation is 1. The highest BCUT2D eigenvalue weighted by Crippen LogP contribution is 2.31. The highest BCUT2D eigenvalue weighted by atomic mass is 19.1. The van der Waals surface area contributed by atoms with Crippen molar-refractivity contribution in [3.63, 3.8) is 0 Å². The van der Waals surface area contributed by atoms with Crippen molar-refractivity contribution in [2.75, 3.05) is 23.7 Å². The van der Waals surface area contributed by atoms with E-state index >= 15 is 0 Å². The van der Waals surface area contributed by atoms with E-state index < -0.39 is 0 Å². The number of Topliss-reactive ketones (excluding diaryl/α,β-unsaturated/α-hetero) is 1. The van der Waals surface area contributed by atoms with E-state index in [1.54, 1.807) is 17.0 Å². The van der Waals surface area contributed by atoms with Crippen LogP contribution in [-0.2, 0) is 0 Å². The van der Waals surface area contributed by atoms with Gasteiger partial charge in [-0.05, 0) is 99.2 Å². The summed E-state index contributed by atoms with van der Waals surface area (Å²) in [6.07, 6.45) is 11.2. The van der Waals surface area contributed by atoms with Crippen LogP contribution in [0.5, 0.6) is 0 Å². The Hall–Kier alpha value is -4.00. The van der Waals surface area contributed by atoms with Gasteiger partial charge in [-0.3, -0.25) is 4.79 Å². The van der Waals surface area contributed by atoms with Gasteiger partial charge in [0.1, 0.15) is 11.5 Å². The molecule has 2 saturated carbocycles. The summed E-state index contributed by atoms with van der Waals surface area (Å²) in [5.41, 5.74) is 7.56. The number of nitrogens with zero attached hydrogens (tertiary/aromatic N) is 2. The molecule has 0 spiro atoms. The molecule has 6 rings (SSSR count). The lowest BCUT2D eigenvalue weighted by Gasteiger charge is -2.23. The minimum absolute atomic E-state index is 0.135. The van der Waals surface area contributed by atoms with E-state index in [2.05, 4.69) is 46.1 Å². The van der Waals surface area contributed by atoms with Gasteiger partial charge in [0.15, 0.2) is 5.78 Å². The molecule has 1 saturated heterocycles. The van der Waals surface area contributed by atoms with E-state index in [0.717, 1.165) is 61.3 Å². The third kappa shape index (κ3) is 7.70. The molecule has 3 aliphatic rings. The van der Waals surface area contributed by atoms with E-state index in [4.69, 9.17) is 0 Å². The summed E-state index contributed by atoms with van der Waals surface area (Å²) in [7, 11) is 0. The van der Waals surface area contributed by atoms with E-state index in [9.17, 15) is 14.0 Å².